The van der Waals surface area contributed by atoms with Gasteiger partial charge in [0.1, 0.15) is 0 Å². The minimum Gasteiger partial charge on any atom is -0.490 e. The average Bonchev–Trinajstić information content (AvgIpc) is 2.96. The number of Topliss-reactive ketones (excluding diaryl/α,β-unsaturated/α-hetero) is 1. The van der Waals surface area contributed by atoms with Gasteiger partial charge >= 0.3 is 0 Å². The fourth-order valence-corrected chi connectivity index (χ4v) is 4.79. The highest BCUT2D eigenvalue weighted by molar-refractivity contribution is 8.00. The SMILES string of the molecule is CS(=O)(=O)NCCc1ccc(C(=O)CSc2ccc3c(c2)OCCCO3)s1. The van der Waals surface area contributed by atoms with Crippen LogP contribution in [-0.4, -0.2) is 46.0 Å². The van der Waals surface area contributed by atoms with Crippen molar-refractivity contribution >= 4 is 38.9 Å². The monoisotopic (exact) mass is 427 g/mol. The molecule has 0 amide bonds. The van der Waals surface area contributed by atoms with Crippen molar-refractivity contribution in [2.45, 2.75) is 17.7 Å². The Hall–Kier alpha value is -1.55. The van der Waals surface area contributed by atoms with Crippen molar-refractivity contribution in [3.63, 3.8) is 0 Å². The van der Waals surface area contributed by atoms with Crippen LogP contribution < -0.4 is 14.2 Å². The maximum atomic E-state index is 12.4. The number of carbonyl (C=O) groups is 1. The summed E-state index contributed by atoms with van der Waals surface area (Å²) < 4.78 is 35.9. The number of fused-ring (bicyclic) bond motifs is 1. The van der Waals surface area contributed by atoms with E-state index in [9.17, 15) is 13.2 Å². The molecule has 9 heteroatoms. The Balaban J connectivity index is 1.53. The number of rotatable bonds is 8. The molecular formula is C18H21NO5S3. The molecule has 3 rings (SSSR count). The van der Waals surface area contributed by atoms with Crippen LogP contribution in [0.4, 0.5) is 0 Å². The molecule has 1 aliphatic heterocycles. The molecule has 0 spiro atoms. The minimum absolute atomic E-state index is 0.0550. The van der Waals surface area contributed by atoms with Gasteiger partial charge in [-0.2, -0.15) is 0 Å². The number of ether oxygens (including phenoxy) is 2. The summed E-state index contributed by atoms with van der Waals surface area (Å²) >= 11 is 2.87. The summed E-state index contributed by atoms with van der Waals surface area (Å²) in [5, 5.41) is 0. The number of sulfonamides is 1. The van der Waals surface area contributed by atoms with Gasteiger partial charge in [0.05, 0.1) is 30.1 Å². The highest BCUT2D eigenvalue weighted by Gasteiger charge is 2.14. The van der Waals surface area contributed by atoms with Crippen molar-refractivity contribution in [1.29, 1.82) is 0 Å². The van der Waals surface area contributed by atoms with Crippen molar-refractivity contribution in [2.75, 3.05) is 31.8 Å². The summed E-state index contributed by atoms with van der Waals surface area (Å²) in [6.07, 6.45) is 2.56. The van der Waals surface area contributed by atoms with E-state index in [0.29, 0.717) is 36.8 Å². The Bertz CT molecular complexity index is 907. The van der Waals surface area contributed by atoms with E-state index in [-0.39, 0.29) is 5.78 Å². The summed E-state index contributed by atoms with van der Waals surface area (Å²) in [6, 6.07) is 9.40. The van der Waals surface area contributed by atoms with Crippen LogP contribution in [0.1, 0.15) is 21.0 Å². The lowest BCUT2D eigenvalue weighted by molar-refractivity contribution is 0.102. The molecule has 0 aliphatic carbocycles. The molecule has 146 valence electrons. The summed E-state index contributed by atoms with van der Waals surface area (Å²) in [4.78, 5) is 15.1. The van der Waals surface area contributed by atoms with Crippen LogP contribution in [0, 0.1) is 0 Å². The molecule has 0 fully saturated rings. The first kappa shape index (κ1) is 20.2. The molecule has 2 aromatic rings. The van der Waals surface area contributed by atoms with Crippen molar-refractivity contribution in [3.8, 4) is 11.5 Å². The standard InChI is InChI=1S/C18H21NO5S3/c1-27(21,22)19-8-7-13-4-6-18(26-13)15(20)12-25-14-3-5-16-17(11-14)24-10-2-9-23-16/h3-6,11,19H,2,7-10,12H2,1H3. The fraction of sp³-hybridized carbons (Fsp3) is 0.389. The first-order valence-electron chi connectivity index (χ1n) is 8.50. The Morgan fingerprint density at radius 1 is 1.19 bits per heavy atom. The molecule has 6 nitrogen and oxygen atoms in total. The topological polar surface area (TPSA) is 81.7 Å². The number of thioether (sulfide) groups is 1. The molecule has 0 saturated carbocycles. The van der Waals surface area contributed by atoms with Gasteiger partial charge in [-0.3, -0.25) is 4.79 Å². The van der Waals surface area contributed by atoms with Crippen LogP contribution in [0.5, 0.6) is 11.5 Å². The molecule has 0 radical (unpaired) electrons. The normalized spacial score (nSPS) is 14.0. The van der Waals surface area contributed by atoms with Crippen molar-refractivity contribution in [2.24, 2.45) is 0 Å². The van der Waals surface area contributed by atoms with Crippen molar-refractivity contribution < 1.29 is 22.7 Å². The zero-order valence-electron chi connectivity index (χ0n) is 14.9. The predicted molar refractivity (Wildman–Crippen MR) is 108 cm³/mol. The zero-order valence-corrected chi connectivity index (χ0v) is 17.3. The van der Waals surface area contributed by atoms with Crippen molar-refractivity contribution in [1.82, 2.24) is 4.72 Å². The lowest BCUT2D eigenvalue weighted by atomic mass is 10.3. The van der Waals surface area contributed by atoms with Gasteiger partial charge < -0.3 is 9.47 Å². The molecule has 1 N–H and O–H groups in total. The van der Waals surface area contributed by atoms with Crippen LogP contribution in [-0.2, 0) is 16.4 Å². The summed E-state index contributed by atoms with van der Waals surface area (Å²) in [6.45, 7) is 1.61. The lowest BCUT2D eigenvalue weighted by Gasteiger charge is -2.08. The first-order valence-corrected chi connectivity index (χ1v) is 12.2. The van der Waals surface area contributed by atoms with Crippen LogP contribution in [0.25, 0.3) is 0 Å². The Labute approximate surface area is 167 Å². The molecule has 1 aromatic carbocycles. The maximum absolute atomic E-state index is 12.4. The molecule has 0 unspecified atom stereocenters. The summed E-state index contributed by atoms with van der Waals surface area (Å²) in [7, 11) is -3.19. The lowest BCUT2D eigenvalue weighted by Crippen LogP contribution is -2.23. The third-order valence-corrected chi connectivity index (χ3v) is 6.67. The molecular weight excluding hydrogens is 406 g/mol. The highest BCUT2D eigenvalue weighted by atomic mass is 32.2. The maximum Gasteiger partial charge on any atom is 0.208 e. The highest BCUT2D eigenvalue weighted by Crippen LogP contribution is 2.34. The summed E-state index contributed by atoms with van der Waals surface area (Å²) in [5.74, 6) is 1.86. The molecule has 0 bridgehead atoms. The van der Waals surface area contributed by atoms with Crippen LogP contribution >= 0.6 is 23.1 Å². The van der Waals surface area contributed by atoms with E-state index in [1.165, 1.54) is 23.1 Å². The average molecular weight is 428 g/mol. The molecule has 0 saturated heterocycles. The zero-order chi connectivity index (χ0) is 19.3. The minimum atomic E-state index is -3.19. The molecule has 2 heterocycles. The molecule has 27 heavy (non-hydrogen) atoms. The van der Waals surface area contributed by atoms with Gasteiger partial charge in [0.15, 0.2) is 17.3 Å². The second-order valence-corrected chi connectivity index (χ2v) is 10.1. The van der Waals surface area contributed by atoms with Crippen LogP contribution in [0.3, 0.4) is 0 Å². The van der Waals surface area contributed by atoms with E-state index in [4.69, 9.17) is 9.47 Å². The third-order valence-electron chi connectivity index (χ3n) is 3.76. The van der Waals surface area contributed by atoms with Crippen molar-refractivity contribution in [3.05, 3.63) is 40.1 Å². The van der Waals surface area contributed by atoms with Crippen LogP contribution in [0.2, 0.25) is 0 Å². The number of hydrogen-bond donors (Lipinski definition) is 1. The Kier molecular flexibility index (Phi) is 6.80. The van der Waals surface area contributed by atoms with Crippen LogP contribution in [0.15, 0.2) is 35.2 Å². The summed E-state index contributed by atoms with van der Waals surface area (Å²) in [5.41, 5.74) is 0. The second kappa shape index (κ2) is 9.09. The number of thiophene rings is 1. The van der Waals surface area contributed by atoms with E-state index in [2.05, 4.69) is 4.72 Å². The Morgan fingerprint density at radius 3 is 2.74 bits per heavy atom. The predicted octanol–water partition coefficient (Wildman–Crippen LogP) is 2.98. The fourth-order valence-electron chi connectivity index (χ4n) is 2.48. The van der Waals surface area contributed by atoms with Gasteiger partial charge in [0, 0.05) is 22.7 Å². The van der Waals surface area contributed by atoms with Gasteiger partial charge in [0.25, 0.3) is 0 Å². The number of ketones is 1. The van der Waals surface area contributed by atoms with E-state index < -0.39 is 10.0 Å². The van der Waals surface area contributed by atoms with Gasteiger partial charge in [-0.05, 0) is 36.8 Å². The molecule has 1 aliphatic rings. The van der Waals surface area contributed by atoms with Gasteiger partial charge in [0.2, 0.25) is 10.0 Å². The van der Waals surface area contributed by atoms with Gasteiger partial charge in [-0.15, -0.1) is 23.1 Å². The quantitative estimate of drug-likeness (QED) is 0.515. The van der Waals surface area contributed by atoms with E-state index in [1.54, 1.807) is 6.07 Å². The molecule has 1 aromatic heterocycles. The number of benzene rings is 1. The third kappa shape index (κ3) is 6.24. The first-order chi connectivity index (χ1) is 12.9. The number of carbonyl (C=O) groups excluding carboxylic acids is 1. The largest absolute Gasteiger partial charge is 0.490 e. The Morgan fingerprint density at radius 2 is 1.96 bits per heavy atom. The smallest absolute Gasteiger partial charge is 0.208 e. The van der Waals surface area contributed by atoms with Gasteiger partial charge in [-0.25, -0.2) is 13.1 Å². The van der Waals surface area contributed by atoms with E-state index >= 15 is 0 Å². The van der Waals surface area contributed by atoms with Gasteiger partial charge in [-0.1, -0.05) is 0 Å². The van der Waals surface area contributed by atoms with E-state index in [1.807, 2.05) is 24.3 Å². The number of nitrogens with one attached hydrogen (secondary N) is 1. The molecule has 0 atom stereocenters. The second-order valence-electron chi connectivity index (χ2n) is 6.05. The number of hydrogen-bond acceptors (Lipinski definition) is 7. The van der Waals surface area contributed by atoms with E-state index in [0.717, 1.165) is 33.9 Å².